The highest BCUT2D eigenvalue weighted by Crippen LogP contribution is 2.27. The van der Waals surface area contributed by atoms with Crippen molar-refractivity contribution < 1.29 is 23.1 Å². The molecule has 0 radical (unpaired) electrons. The second-order valence-electron chi connectivity index (χ2n) is 6.59. The topological polar surface area (TPSA) is 71.3 Å². The predicted octanol–water partition coefficient (Wildman–Crippen LogP) is 2.17. The lowest BCUT2D eigenvalue weighted by Crippen LogP contribution is -2.42. The Morgan fingerprint density at radius 1 is 1.33 bits per heavy atom. The van der Waals surface area contributed by atoms with Gasteiger partial charge in [-0.15, -0.1) is 0 Å². The molecule has 1 rings (SSSR count). The third-order valence-corrected chi connectivity index (χ3v) is 3.55. The maximum Gasteiger partial charge on any atom is 0.417 e. The van der Waals surface area contributed by atoms with Crippen LogP contribution in [0.1, 0.15) is 39.2 Å². The molecule has 0 fully saturated rings. The molecule has 0 aliphatic carbocycles. The molecule has 24 heavy (non-hydrogen) atoms. The lowest BCUT2D eigenvalue weighted by Gasteiger charge is -2.24. The molecular formula is C16H23F3N2O3. The fourth-order valence-corrected chi connectivity index (χ4v) is 2.01. The van der Waals surface area contributed by atoms with E-state index in [1.807, 2.05) is 13.8 Å². The number of rotatable bonds is 7. The summed E-state index contributed by atoms with van der Waals surface area (Å²) in [6.07, 6.45) is -2.73. The molecule has 1 aromatic rings. The van der Waals surface area contributed by atoms with Gasteiger partial charge < -0.3 is 15.0 Å². The Morgan fingerprint density at radius 2 is 1.96 bits per heavy atom. The number of hydrogen-bond donors (Lipinski definition) is 2. The summed E-state index contributed by atoms with van der Waals surface area (Å²) in [7, 11) is 0. The largest absolute Gasteiger partial charge is 0.417 e. The zero-order valence-corrected chi connectivity index (χ0v) is 14.0. The van der Waals surface area contributed by atoms with Crippen molar-refractivity contribution in [3.63, 3.8) is 0 Å². The van der Waals surface area contributed by atoms with E-state index in [2.05, 4.69) is 5.32 Å². The normalized spacial score (nSPS) is 14.5. The predicted molar refractivity (Wildman–Crippen MR) is 83.4 cm³/mol. The van der Waals surface area contributed by atoms with Gasteiger partial charge in [-0.1, -0.05) is 13.8 Å². The quantitative estimate of drug-likeness (QED) is 0.793. The zero-order valence-electron chi connectivity index (χ0n) is 14.0. The average molecular weight is 348 g/mol. The Morgan fingerprint density at radius 3 is 2.50 bits per heavy atom. The minimum Gasteiger partial charge on any atom is -0.388 e. The van der Waals surface area contributed by atoms with E-state index in [0.717, 1.165) is 12.5 Å². The van der Waals surface area contributed by atoms with Crippen LogP contribution >= 0.6 is 0 Å². The van der Waals surface area contributed by atoms with Crippen molar-refractivity contribution in [1.82, 2.24) is 9.88 Å². The van der Waals surface area contributed by atoms with Crippen LogP contribution in [-0.4, -0.2) is 27.7 Å². The Kier molecular flexibility index (Phi) is 6.59. The molecule has 136 valence electrons. The van der Waals surface area contributed by atoms with Gasteiger partial charge in [0.2, 0.25) is 5.91 Å². The van der Waals surface area contributed by atoms with Crippen LogP contribution in [0.4, 0.5) is 13.2 Å². The number of aliphatic hydroxyl groups is 1. The molecule has 1 amide bonds. The number of alkyl halides is 3. The van der Waals surface area contributed by atoms with Crippen molar-refractivity contribution >= 4 is 5.91 Å². The van der Waals surface area contributed by atoms with Gasteiger partial charge in [0.15, 0.2) is 0 Å². The van der Waals surface area contributed by atoms with E-state index in [1.54, 1.807) is 6.92 Å². The third-order valence-electron chi connectivity index (χ3n) is 3.55. The van der Waals surface area contributed by atoms with Crippen molar-refractivity contribution in [3.05, 3.63) is 34.2 Å². The van der Waals surface area contributed by atoms with E-state index in [0.29, 0.717) is 29.2 Å². The first-order valence-corrected chi connectivity index (χ1v) is 7.67. The molecule has 0 aliphatic heterocycles. The third kappa shape index (κ3) is 6.74. The Hall–Kier alpha value is -1.83. The van der Waals surface area contributed by atoms with Crippen molar-refractivity contribution in [2.24, 2.45) is 5.92 Å². The highest BCUT2D eigenvalue weighted by atomic mass is 19.4. The number of amides is 1. The van der Waals surface area contributed by atoms with Crippen molar-refractivity contribution in [3.8, 4) is 0 Å². The molecule has 0 bridgehead atoms. The molecule has 0 saturated carbocycles. The summed E-state index contributed by atoms with van der Waals surface area (Å²) in [5.74, 6) is -0.239. The van der Waals surface area contributed by atoms with Gasteiger partial charge in [-0.05, 0) is 31.7 Å². The van der Waals surface area contributed by atoms with Crippen LogP contribution in [0, 0.1) is 5.92 Å². The van der Waals surface area contributed by atoms with E-state index in [9.17, 15) is 27.9 Å². The van der Waals surface area contributed by atoms with Crippen molar-refractivity contribution in [1.29, 1.82) is 0 Å². The first kappa shape index (κ1) is 20.2. The number of hydrogen-bond acceptors (Lipinski definition) is 3. The molecule has 5 nitrogen and oxygen atoms in total. The SMILES string of the molecule is CC(C)CCC(C)(O)CNC(=O)Cn1cc(C(F)(F)F)ccc1=O. The van der Waals surface area contributed by atoms with E-state index < -0.39 is 35.4 Å². The van der Waals surface area contributed by atoms with Gasteiger partial charge in [0, 0.05) is 18.8 Å². The van der Waals surface area contributed by atoms with Crippen molar-refractivity contribution in [2.45, 2.75) is 51.9 Å². The van der Waals surface area contributed by atoms with Gasteiger partial charge in [0.25, 0.3) is 5.56 Å². The molecule has 0 aromatic carbocycles. The summed E-state index contributed by atoms with van der Waals surface area (Å²) in [6, 6.07) is 1.45. The second kappa shape index (κ2) is 7.83. The summed E-state index contributed by atoms with van der Waals surface area (Å²) >= 11 is 0. The van der Waals surface area contributed by atoms with E-state index in [1.165, 1.54) is 0 Å². The summed E-state index contributed by atoms with van der Waals surface area (Å²) in [6.45, 7) is 5.02. The molecule has 0 spiro atoms. The molecule has 8 heteroatoms. The number of nitrogens with zero attached hydrogens (tertiary/aromatic N) is 1. The lowest BCUT2D eigenvalue weighted by atomic mass is 9.95. The first-order valence-electron chi connectivity index (χ1n) is 7.67. The molecule has 2 N–H and O–H groups in total. The molecule has 0 aliphatic rings. The zero-order chi connectivity index (χ0) is 18.5. The monoisotopic (exact) mass is 348 g/mol. The van der Waals surface area contributed by atoms with Crippen LogP contribution in [0.2, 0.25) is 0 Å². The van der Waals surface area contributed by atoms with Gasteiger partial charge in [0.05, 0.1) is 11.2 Å². The number of halogens is 3. The second-order valence-corrected chi connectivity index (χ2v) is 6.59. The van der Waals surface area contributed by atoms with Crippen LogP contribution in [0.5, 0.6) is 0 Å². The minimum atomic E-state index is -4.59. The van der Waals surface area contributed by atoms with Crippen LogP contribution in [0.15, 0.2) is 23.1 Å². The van der Waals surface area contributed by atoms with Gasteiger partial charge >= 0.3 is 6.18 Å². The van der Waals surface area contributed by atoms with Crippen LogP contribution < -0.4 is 10.9 Å². The molecule has 1 heterocycles. The van der Waals surface area contributed by atoms with E-state index in [-0.39, 0.29) is 6.54 Å². The molecule has 0 saturated heterocycles. The lowest BCUT2D eigenvalue weighted by molar-refractivity contribution is -0.138. The Labute approximate surface area is 138 Å². The minimum absolute atomic E-state index is 0.0355. The standard InChI is InChI=1S/C16H23F3N2O3/c1-11(2)6-7-15(3,24)10-20-13(22)9-21-8-12(16(17,18)19)4-5-14(21)23/h4-5,8,11,24H,6-7,9-10H2,1-3H3,(H,20,22). The first-order chi connectivity index (χ1) is 10.9. The molecule has 1 atom stereocenters. The molecular weight excluding hydrogens is 325 g/mol. The number of pyridine rings is 1. The van der Waals surface area contributed by atoms with Crippen LogP contribution in [0.3, 0.4) is 0 Å². The summed E-state index contributed by atoms with van der Waals surface area (Å²) in [5.41, 5.74) is -2.82. The van der Waals surface area contributed by atoms with Gasteiger partial charge in [-0.3, -0.25) is 9.59 Å². The maximum atomic E-state index is 12.6. The summed E-state index contributed by atoms with van der Waals surface area (Å²) in [5, 5.41) is 12.6. The number of nitrogens with one attached hydrogen (secondary N) is 1. The average Bonchev–Trinajstić information content (AvgIpc) is 2.44. The molecule has 1 aromatic heterocycles. The van der Waals surface area contributed by atoms with Crippen LogP contribution in [0.25, 0.3) is 0 Å². The Balaban J connectivity index is 2.67. The molecule has 1 unspecified atom stereocenters. The Bertz CT molecular complexity index is 622. The highest BCUT2D eigenvalue weighted by Gasteiger charge is 2.31. The number of carbonyl (C=O) groups excluding carboxylic acids is 1. The van der Waals surface area contributed by atoms with Gasteiger partial charge in [-0.2, -0.15) is 13.2 Å². The fourth-order valence-electron chi connectivity index (χ4n) is 2.01. The van der Waals surface area contributed by atoms with Gasteiger partial charge in [0.1, 0.15) is 6.54 Å². The van der Waals surface area contributed by atoms with Gasteiger partial charge in [-0.25, -0.2) is 0 Å². The van der Waals surface area contributed by atoms with E-state index >= 15 is 0 Å². The number of aromatic nitrogens is 1. The fraction of sp³-hybridized carbons (Fsp3) is 0.625. The van der Waals surface area contributed by atoms with Crippen molar-refractivity contribution in [2.75, 3.05) is 6.54 Å². The maximum absolute atomic E-state index is 12.6. The van der Waals surface area contributed by atoms with Crippen LogP contribution in [-0.2, 0) is 17.5 Å². The smallest absolute Gasteiger partial charge is 0.388 e. The number of carbonyl (C=O) groups is 1. The van der Waals surface area contributed by atoms with E-state index in [4.69, 9.17) is 0 Å². The highest BCUT2D eigenvalue weighted by molar-refractivity contribution is 5.75. The summed E-state index contributed by atoms with van der Waals surface area (Å²) in [4.78, 5) is 23.4. The summed E-state index contributed by atoms with van der Waals surface area (Å²) < 4.78 is 38.6.